The van der Waals surface area contributed by atoms with Crippen LogP contribution in [0.2, 0.25) is 0 Å². The van der Waals surface area contributed by atoms with Crippen molar-refractivity contribution in [2.75, 3.05) is 26.7 Å². The van der Waals surface area contributed by atoms with Gasteiger partial charge in [-0.05, 0) is 25.9 Å². The predicted octanol–water partition coefficient (Wildman–Crippen LogP) is 0.0126. The van der Waals surface area contributed by atoms with Crippen LogP contribution in [0.3, 0.4) is 0 Å². The molecule has 17 heavy (non-hydrogen) atoms. The van der Waals surface area contributed by atoms with Crippen LogP contribution in [0.15, 0.2) is 0 Å². The number of ether oxygens (including phenoxy) is 1. The first kappa shape index (κ1) is 12.5. The Kier molecular flexibility index (Phi) is 4.47. The average Bonchev–Trinajstić information content (AvgIpc) is 2.96. The molecule has 0 aromatic carbocycles. The normalized spacial score (nSPS) is 16.8. The molecular weight excluding hydrogens is 220 g/mol. The number of hydrogen-bond donors (Lipinski definition) is 1. The highest BCUT2D eigenvalue weighted by Gasteiger charge is 2.15. The number of aromatic nitrogens is 3. The Morgan fingerprint density at radius 2 is 2.06 bits per heavy atom. The van der Waals surface area contributed by atoms with E-state index in [-0.39, 0.29) is 6.61 Å². The van der Waals surface area contributed by atoms with E-state index >= 15 is 0 Å². The highest BCUT2D eigenvalue weighted by atomic mass is 16.5. The molecule has 1 aromatic rings. The zero-order valence-electron chi connectivity index (χ0n) is 10.3. The van der Waals surface area contributed by atoms with Gasteiger partial charge in [0.25, 0.3) is 0 Å². The maximum atomic E-state index is 9.16. The van der Waals surface area contributed by atoms with Crippen molar-refractivity contribution < 1.29 is 9.84 Å². The highest BCUT2D eigenvalue weighted by molar-refractivity contribution is 5.07. The van der Waals surface area contributed by atoms with E-state index in [9.17, 15) is 0 Å². The first-order chi connectivity index (χ1) is 8.35. The van der Waals surface area contributed by atoms with Crippen LogP contribution >= 0.6 is 0 Å². The minimum atomic E-state index is -0.0809. The van der Waals surface area contributed by atoms with Crippen molar-refractivity contribution in [1.82, 2.24) is 19.9 Å². The number of aliphatic hydroxyl groups excluding tert-OH is 1. The fraction of sp³-hybridized carbons (Fsp3) is 0.818. The van der Waals surface area contributed by atoms with Gasteiger partial charge in [-0.2, -0.15) is 0 Å². The third-order valence-electron chi connectivity index (χ3n) is 3.18. The first-order valence-electron chi connectivity index (χ1n) is 6.08. The molecule has 0 atom stereocenters. The Morgan fingerprint density at radius 1 is 1.29 bits per heavy atom. The van der Waals surface area contributed by atoms with Crippen LogP contribution in [0.5, 0.6) is 0 Å². The summed E-state index contributed by atoms with van der Waals surface area (Å²) in [6, 6.07) is 0. The molecule has 2 heterocycles. The van der Waals surface area contributed by atoms with Crippen molar-refractivity contribution >= 4 is 0 Å². The van der Waals surface area contributed by atoms with Gasteiger partial charge in [-0.15, -0.1) is 5.10 Å². The Labute approximate surface area is 101 Å². The Balaban J connectivity index is 1.96. The minimum Gasteiger partial charge on any atom is -0.390 e. The van der Waals surface area contributed by atoms with Crippen LogP contribution in [0, 0.1) is 0 Å². The number of aliphatic hydroxyl groups is 1. The summed E-state index contributed by atoms with van der Waals surface area (Å²) in [7, 11) is 1.64. The lowest BCUT2D eigenvalue weighted by Crippen LogP contribution is -2.25. The quantitative estimate of drug-likeness (QED) is 0.759. The van der Waals surface area contributed by atoms with E-state index in [4.69, 9.17) is 9.84 Å². The molecule has 0 spiro atoms. The Bertz CT molecular complexity index is 347. The summed E-state index contributed by atoms with van der Waals surface area (Å²) in [5.74, 6) is 0. The Morgan fingerprint density at radius 3 is 2.71 bits per heavy atom. The van der Waals surface area contributed by atoms with Gasteiger partial charge in [0, 0.05) is 13.7 Å². The van der Waals surface area contributed by atoms with Crippen LogP contribution in [0.1, 0.15) is 24.2 Å². The van der Waals surface area contributed by atoms with Gasteiger partial charge in [-0.25, -0.2) is 4.68 Å². The number of methoxy groups -OCH3 is 1. The molecule has 1 aromatic heterocycles. The predicted molar refractivity (Wildman–Crippen MR) is 62.3 cm³/mol. The summed E-state index contributed by atoms with van der Waals surface area (Å²) in [5, 5.41) is 17.2. The molecule has 2 rings (SSSR count). The molecule has 0 aliphatic carbocycles. The lowest BCUT2D eigenvalue weighted by molar-refractivity contribution is 0.171. The fourth-order valence-electron chi connectivity index (χ4n) is 2.21. The van der Waals surface area contributed by atoms with E-state index in [1.807, 2.05) is 4.68 Å². The van der Waals surface area contributed by atoms with Gasteiger partial charge < -0.3 is 14.7 Å². The Hall–Kier alpha value is -0.980. The van der Waals surface area contributed by atoms with Gasteiger partial charge in [-0.3, -0.25) is 0 Å². The number of hydrogen-bond acceptors (Lipinski definition) is 5. The molecule has 1 aliphatic heterocycles. The molecule has 1 N–H and O–H groups in total. The zero-order valence-corrected chi connectivity index (χ0v) is 10.3. The maximum Gasteiger partial charge on any atom is 0.114 e. The fourth-order valence-corrected chi connectivity index (χ4v) is 2.21. The van der Waals surface area contributed by atoms with Crippen molar-refractivity contribution in [2.24, 2.45) is 0 Å². The molecule has 6 heteroatoms. The van der Waals surface area contributed by atoms with Gasteiger partial charge in [-0.1, -0.05) is 5.21 Å². The number of likely N-dealkylation sites (tertiary alicyclic amines) is 1. The number of nitrogens with zero attached hydrogens (tertiary/aromatic N) is 4. The standard InChI is InChI=1S/C11H20N4O2/c1-17-9-11-10(8-16)12-13-15(11)7-6-14-4-2-3-5-14/h16H,2-9H2,1H3. The second-order valence-corrected chi connectivity index (χ2v) is 4.35. The van der Waals surface area contributed by atoms with Crippen LogP contribution < -0.4 is 0 Å². The molecule has 0 unspecified atom stereocenters. The van der Waals surface area contributed by atoms with Crippen molar-refractivity contribution in [3.05, 3.63) is 11.4 Å². The van der Waals surface area contributed by atoms with Crippen molar-refractivity contribution in [3.63, 3.8) is 0 Å². The first-order valence-corrected chi connectivity index (χ1v) is 6.08. The van der Waals surface area contributed by atoms with Gasteiger partial charge >= 0.3 is 0 Å². The van der Waals surface area contributed by atoms with Gasteiger partial charge in [0.1, 0.15) is 5.69 Å². The van der Waals surface area contributed by atoms with Crippen LogP contribution in [-0.2, 0) is 24.5 Å². The van der Waals surface area contributed by atoms with E-state index in [0.717, 1.165) is 18.8 Å². The largest absolute Gasteiger partial charge is 0.390 e. The SMILES string of the molecule is COCc1c(CO)nnn1CCN1CCCC1. The van der Waals surface area contributed by atoms with E-state index in [1.54, 1.807) is 7.11 Å². The molecule has 0 amide bonds. The topological polar surface area (TPSA) is 63.4 Å². The van der Waals surface area contributed by atoms with Crippen molar-refractivity contribution in [1.29, 1.82) is 0 Å². The van der Waals surface area contributed by atoms with E-state index in [0.29, 0.717) is 12.3 Å². The molecule has 96 valence electrons. The van der Waals surface area contributed by atoms with Gasteiger partial charge in [0.2, 0.25) is 0 Å². The van der Waals surface area contributed by atoms with Crippen LogP contribution in [-0.4, -0.2) is 51.7 Å². The van der Waals surface area contributed by atoms with E-state index in [1.165, 1.54) is 25.9 Å². The minimum absolute atomic E-state index is 0.0809. The molecule has 0 bridgehead atoms. The summed E-state index contributed by atoms with van der Waals surface area (Å²) in [6.45, 7) is 4.53. The van der Waals surface area contributed by atoms with Crippen LogP contribution in [0.25, 0.3) is 0 Å². The highest BCUT2D eigenvalue weighted by Crippen LogP contribution is 2.10. The molecule has 1 fully saturated rings. The summed E-state index contributed by atoms with van der Waals surface area (Å²) < 4.78 is 6.96. The summed E-state index contributed by atoms with van der Waals surface area (Å²) in [5.41, 5.74) is 1.50. The average molecular weight is 240 g/mol. The lowest BCUT2D eigenvalue weighted by Gasteiger charge is -2.15. The smallest absolute Gasteiger partial charge is 0.114 e. The second-order valence-electron chi connectivity index (χ2n) is 4.35. The molecule has 6 nitrogen and oxygen atoms in total. The van der Waals surface area contributed by atoms with E-state index in [2.05, 4.69) is 15.2 Å². The molecule has 1 aliphatic rings. The molecular formula is C11H20N4O2. The molecule has 1 saturated heterocycles. The molecule has 0 saturated carbocycles. The maximum absolute atomic E-state index is 9.16. The van der Waals surface area contributed by atoms with Crippen molar-refractivity contribution in [3.8, 4) is 0 Å². The van der Waals surface area contributed by atoms with Gasteiger partial charge in [0.05, 0.1) is 25.5 Å². The summed E-state index contributed by atoms with van der Waals surface area (Å²) in [4.78, 5) is 2.43. The van der Waals surface area contributed by atoms with Crippen LogP contribution in [0.4, 0.5) is 0 Å². The summed E-state index contributed by atoms with van der Waals surface area (Å²) in [6.07, 6.45) is 2.59. The third kappa shape index (κ3) is 3.02. The zero-order chi connectivity index (χ0) is 12.1. The lowest BCUT2D eigenvalue weighted by atomic mass is 10.3. The number of rotatable bonds is 6. The van der Waals surface area contributed by atoms with E-state index < -0.39 is 0 Å². The second kappa shape index (κ2) is 6.09. The summed E-state index contributed by atoms with van der Waals surface area (Å²) >= 11 is 0. The molecule has 0 radical (unpaired) electrons. The third-order valence-corrected chi connectivity index (χ3v) is 3.18. The van der Waals surface area contributed by atoms with Gasteiger partial charge in [0.15, 0.2) is 0 Å². The monoisotopic (exact) mass is 240 g/mol. The van der Waals surface area contributed by atoms with Crippen molar-refractivity contribution in [2.45, 2.75) is 32.6 Å².